The molecule has 4 aromatic rings. The normalized spacial score (nSPS) is 11.4. The van der Waals surface area contributed by atoms with Crippen LogP contribution >= 0.6 is 27.7 Å². The number of benzene rings is 2. The van der Waals surface area contributed by atoms with E-state index in [1.807, 2.05) is 36.5 Å². The standard InChI is InChI=1S/C26H27BrN4O2S/c1-30(15-11-22-8-2-3-12-28-22)13-5-14-31-24-10-9-20(25(32)33)17-23(24)29-26(31)34-18-19-6-4-7-21(27)16-19/h2-4,6-10,12,16-17H,5,11,13-15,18H2,1H3,(H,32,33). The SMILES string of the molecule is CN(CCCn1c(SCc2cccc(Br)c2)nc2cc(C(=O)O)ccc21)CCc1ccccn1. The van der Waals surface area contributed by atoms with Gasteiger partial charge in [0.2, 0.25) is 0 Å². The first-order valence-electron chi connectivity index (χ1n) is 11.2. The molecule has 0 amide bonds. The molecule has 0 saturated heterocycles. The van der Waals surface area contributed by atoms with Crippen LogP contribution in [0.25, 0.3) is 11.0 Å². The van der Waals surface area contributed by atoms with Crippen molar-refractivity contribution in [3.05, 3.63) is 88.2 Å². The van der Waals surface area contributed by atoms with Crippen molar-refractivity contribution >= 4 is 44.7 Å². The fourth-order valence-corrected chi connectivity index (χ4v) is 5.23. The van der Waals surface area contributed by atoms with Crippen molar-refractivity contribution < 1.29 is 9.90 Å². The largest absolute Gasteiger partial charge is 0.478 e. The molecule has 0 radical (unpaired) electrons. The first-order chi connectivity index (χ1) is 16.5. The Balaban J connectivity index is 1.45. The number of nitrogens with zero attached hydrogens (tertiary/aromatic N) is 4. The zero-order chi connectivity index (χ0) is 23.9. The lowest BCUT2D eigenvalue weighted by molar-refractivity contribution is 0.0697. The number of thioether (sulfide) groups is 1. The highest BCUT2D eigenvalue weighted by Crippen LogP contribution is 2.28. The van der Waals surface area contributed by atoms with E-state index in [1.54, 1.807) is 23.9 Å². The van der Waals surface area contributed by atoms with Gasteiger partial charge in [0.25, 0.3) is 0 Å². The number of pyridine rings is 1. The van der Waals surface area contributed by atoms with Crippen molar-refractivity contribution in [2.24, 2.45) is 0 Å². The minimum Gasteiger partial charge on any atom is -0.478 e. The third kappa shape index (κ3) is 6.46. The van der Waals surface area contributed by atoms with Gasteiger partial charge in [0.05, 0.1) is 16.6 Å². The van der Waals surface area contributed by atoms with Gasteiger partial charge in [-0.25, -0.2) is 9.78 Å². The molecule has 6 nitrogen and oxygen atoms in total. The number of carboxylic acids is 1. The molecule has 8 heteroatoms. The Bertz CT molecular complexity index is 1260. The number of carboxylic acid groups (broad SMARTS) is 1. The van der Waals surface area contributed by atoms with Crippen LogP contribution < -0.4 is 0 Å². The van der Waals surface area contributed by atoms with E-state index in [1.165, 1.54) is 5.56 Å². The van der Waals surface area contributed by atoms with Gasteiger partial charge in [0, 0.05) is 41.6 Å². The van der Waals surface area contributed by atoms with Gasteiger partial charge in [-0.05, 0) is 68.0 Å². The maximum Gasteiger partial charge on any atom is 0.335 e. The lowest BCUT2D eigenvalue weighted by Gasteiger charge is -2.17. The Morgan fingerprint density at radius 2 is 2.00 bits per heavy atom. The zero-order valence-electron chi connectivity index (χ0n) is 19.0. The van der Waals surface area contributed by atoms with Crippen molar-refractivity contribution in [1.82, 2.24) is 19.4 Å². The summed E-state index contributed by atoms with van der Waals surface area (Å²) >= 11 is 5.21. The van der Waals surface area contributed by atoms with Gasteiger partial charge in [-0.2, -0.15) is 0 Å². The van der Waals surface area contributed by atoms with Crippen LogP contribution in [0.3, 0.4) is 0 Å². The van der Waals surface area contributed by atoms with Crippen LogP contribution in [0.15, 0.2) is 76.5 Å². The van der Waals surface area contributed by atoms with Crippen molar-refractivity contribution in [2.45, 2.75) is 30.3 Å². The molecule has 2 aromatic heterocycles. The van der Waals surface area contributed by atoms with Crippen LogP contribution in [0.2, 0.25) is 0 Å². The molecular weight excluding hydrogens is 512 g/mol. The first kappa shape index (κ1) is 24.4. The molecule has 2 heterocycles. The van der Waals surface area contributed by atoms with Crippen LogP contribution in [0.1, 0.15) is 28.0 Å². The lowest BCUT2D eigenvalue weighted by Crippen LogP contribution is -2.23. The van der Waals surface area contributed by atoms with E-state index >= 15 is 0 Å². The van der Waals surface area contributed by atoms with Crippen LogP contribution in [0.5, 0.6) is 0 Å². The van der Waals surface area contributed by atoms with E-state index in [9.17, 15) is 9.90 Å². The smallest absolute Gasteiger partial charge is 0.335 e. The predicted octanol–water partition coefficient (Wildman–Crippen LogP) is 5.75. The second kappa shape index (κ2) is 11.6. The number of aromatic nitrogens is 3. The fraction of sp³-hybridized carbons (Fsp3) is 0.269. The number of hydrogen-bond donors (Lipinski definition) is 1. The number of likely N-dealkylation sites (N-methyl/N-ethyl adjacent to an activating group) is 1. The van der Waals surface area contributed by atoms with Gasteiger partial charge < -0.3 is 14.6 Å². The molecule has 0 bridgehead atoms. The molecule has 0 fully saturated rings. The van der Waals surface area contributed by atoms with Gasteiger partial charge in [-0.3, -0.25) is 4.98 Å². The number of rotatable bonds is 11. The molecule has 0 saturated carbocycles. The molecule has 34 heavy (non-hydrogen) atoms. The number of aromatic carboxylic acids is 1. The molecule has 0 unspecified atom stereocenters. The summed E-state index contributed by atoms with van der Waals surface area (Å²) in [5.74, 6) is -0.146. The molecule has 0 aliphatic rings. The Morgan fingerprint density at radius 3 is 2.76 bits per heavy atom. The summed E-state index contributed by atoms with van der Waals surface area (Å²) in [5, 5.41) is 10.3. The third-order valence-electron chi connectivity index (χ3n) is 5.61. The highest BCUT2D eigenvalue weighted by molar-refractivity contribution is 9.10. The summed E-state index contributed by atoms with van der Waals surface area (Å²) in [6, 6.07) is 19.5. The summed E-state index contributed by atoms with van der Waals surface area (Å²) < 4.78 is 3.27. The number of imidazole rings is 1. The number of hydrogen-bond acceptors (Lipinski definition) is 5. The van der Waals surface area contributed by atoms with Crippen LogP contribution in [0.4, 0.5) is 0 Å². The average Bonchev–Trinajstić information content (AvgIpc) is 3.19. The number of fused-ring (bicyclic) bond motifs is 1. The maximum atomic E-state index is 11.4. The first-order valence-corrected chi connectivity index (χ1v) is 13.0. The van der Waals surface area contributed by atoms with Crippen molar-refractivity contribution in [1.29, 1.82) is 0 Å². The quantitative estimate of drug-likeness (QED) is 0.245. The maximum absolute atomic E-state index is 11.4. The molecular formula is C26H27BrN4O2S. The molecule has 4 rings (SSSR count). The van der Waals surface area contributed by atoms with Gasteiger partial charge in [-0.1, -0.05) is 45.9 Å². The minimum absolute atomic E-state index is 0.259. The molecule has 0 aliphatic heterocycles. The average molecular weight is 539 g/mol. The summed E-state index contributed by atoms with van der Waals surface area (Å²) in [7, 11) is 2.14. The number of carbonyl (C=O) groups is 1. The van der Waals surface area contributed by atoms with Gasteiger partial charge in [0.15, 0.2) is 5.16 Å². The number of aryl methyl sites for hydroxylation is 1. The zero-order valence-corrected chi connectivity index (χ0v) is 21.4. The van der Waals surface area contributed by atoms with Crippen molar-refractivity contribution in [3.63, 3.8) is 0 Å². The van der Waals surface area contributed by atoms with Gasteiger partial charge in [0.1, 0.15) is 0 Å². The second-order valence-electron chi connectivity index (χ2n) is 8.20. The van der Waals surface area contributed by atoms with Crippen molar-refractivity contribution in [2.75, 3.05) is 20.1 Å². The van der Waals surface area contributed by atoms with E-state index < -0.39 is 5.97 Å². The summed E-state index contributed by atoms with van der Waals surface area (Å²) in [6.45, 7) is 2.72. The summed E-state index contributed by atoms with van der Waals surface area (Å²) in [6.07, 6.45) is 3.73. The van der Waals surface area contributed by atoms with Crippen LogP contribution in [-0.2, 0) is 18.7 Å². The van der Waals surface area contributed by atoms with E-state index in [0.717, 1.165) is 64.6 Å². The lowest BCUT2D eigenvalue weighted by atomic mass is 10.2. The van der Waals surface area contributed by atoms with E-state index in [4.69, 9.17) is 4.98 Å². The predicted molar refractivity (Wildman–Crippen MR) is 140 cm³/mol. The summed E-state index contributed by atoms with van der Waals surface area (Å²) in [5.41, 5.74) is 4.27. The van der Waals surface area contributed by atoms with E-state index in [0.29, 0.717) is 0 Å². The van der Waals surface area contributed by atoms with Crippen molar-refractivity contribution in [3.8, 4) is 0 Å². The van der Waals surface area contributed by atoms with Crippen LogP contribution in [0, 0.1) is 0 Å². The Hall–Kier alpha value is -2.68. The third-order valence-corrected chi connectivity index (χ3v) is 7.16. The molecule has 2 aromatic carbocycles. The molecule has 0 spiro atoms. The van der Waals surface area contributed by atoms with Gasteiger partial charge in [-0.15, -0.1) is 0 Å². The van der Waals surface area contributed by atoms with Gasteiger partial charge >= 0.3 is 5.97 Å². The molecule has 1 N–H and O–H groups in total. The molecule has 176 valence electrons. The summed E-state index contributed by atoms with van der Waals surface area (Å²) in [4.78, 5) is 23.0. The molecule has 0 atom stereocenters. The van der Waals surface area contributed by atoms with Crippen LogP contribution in [-0.4, -0.2) is 50.6 Å². The Labute approximate surface area is 212 Å². The highest BCUT2D eigenvalue weighted by atomic mass is 79.9. The highest BCUT2D eigenvalue weighted by Gasteiger charge is 2.14. The Morgan fingerprint density at radius 1 is 1.12 bits per heavy atom. The number of halogens is 1. The monoisotopic (exact) mass is 538 g/mol. The van der Waals surface area contributed by atoms with E-state index in [-0.39, 0.29) is 5.56 Å². The second-order valence-corrected chi connectivity index (χ2v) is 10.1. The fourth-order valence-electron chi connectivity index (χ4n) is 3.80. The van der Waals surface area contributed by atoms with E-state index in [2.05, 4.69) is 55.6 Å². The molecule has 0 aliphatic carbocycles. The topological polar surface area (TPSA) is 71.2 Å². The minimum atomic E-state index is -0.936. The Kier molecular flexibility index (Phi) is 8.37.